The molecule has 2 aliphatic carbocycles. The second-order valence-corrected chi connectivity index (χ2v) is 8.51. The van der Waals surface area contributed by atoms with Crippen molar-refractivity contribution in [3.63, 3.8) is 0 Å². The van der Waals surface area contributed by atoms with Gasteiger partial charge < -0.3 is 10.6 Å². The Morgan fingerprint density at radius 2 is 1.96 bits per heavy atom. The number of nitrogens with one attached hydrogen (secondary N) is 2. The van der Waals surface area contributed by atoms with Gasteiger partial charge in [-0.25, -0.2) is 0 Å². The number of fused-ring (bicyclic) bond motifs is 1. The first kappa shape index (κ1) is 17.5. The van der Waals surface area contributed by atoms with Crippen LogP contribution in [0.25, 0.3) is 0 Å². The van der Waals surface area contributed by atoms with Crippen LogP contribution in [0.4, 0.5) is 5.00 Å². The van der Waals surface area contributed by atoms with Crippen molar-refractivity contribution >= 4 is 28.2 Å². The number of anilines is 1. The Hall–Kier alpha value is -1.36. The number of amides is 2. The maximum atomic E-state index is 12.5. The lowest BCUT2D eigenvalue weighted by molar-refractivity contribution is -0.122. The summed E-state index contributed by atoms with van der Waals surface area (Å²) >= 11 is 1.65. The van der Waals surface area contributed by atoms with E-state index in [1.54, 1.807) is 11.3 Å². The predicted octanol–water partition coefficient (Wildman–Crippen LogP) is 3.85. The van der Waals surface area contributed by atoms with Gasteiger partial charge in [-0.05, 0) is 62.5 Å². The molecule has 0 aromatic carbocycles. The van der Waals surface area contributed by atoms with Crippen molar-refractivity contribution in [1.82, 2.24) is 5.32 Å². The van der Waals surface area contributed by atoms with Crippen LogP contribution in [0.3, 0.4) is 0 Å². The molecule has 1 atom stereocenters. The molecule has 1 heterocycles. The zero-order valence-electron chi connectivity index (χ0n) is 14.9. The molecule has 1 fully saturated rings. The van der Waals surface area contributed by atoms with E-state index in [-0.39, 0.29) is 23.7 Å². The predicted molar refractivity (Wildman–Crippen MR) is 98.6 cm³/mol. The summed E-state index contributed by atoms with van der Waals surface area (Å²) in [6, 6.07) is 0. The van der Waals surface area contributed by atoms with E-state index >= 15 is 0 Å². The van der Waals surface area contributed by atoms with Gasteiger partial charge in [0.25, 0.3) is 0 Å². The number of hydrogen-bond donors (Lipinski definition) is 2. The van der Waals surface area contributed by atoms with Gasteiger partial charge in [0, 0.05) is 17.3 Å². The maximum absolute atomic E-state index is 12.5. The first-order chi connectivity index (χ1) is 11.5. The third-order valence-electron chi connectivity index (χ3n) is 4.85. The van der Waals surface area contributed by atoms with Crippen molar-refractivity contribution < 1.29 is 9.59 Å². The van der Waals surface area contributed by atoms with Crippen molar-refractivity contribution in [3.8, 4) is 0 Å². The summed E-state index contributed by atoms with van der Waals surface area (Å²) in [6.07, 6.45) is 5.98. The Labute approximate surface area is 148 Å². The minimum atomic E-state index is -0.0452. The van der Waals surface area contributed by atoms with Gasteiger partial charge in [-0.15, -0.1) is 11.3 Å². The second kappa shape index (κ2) is 7.26. The fraction of sp³-hybridized carbons (Fsp3) is 0.684. The van der Waals surface area contributed by atoms with Crippen molar-refractivity contribution in [3.05, 3.63) is 16.0 Å². The SMILES string of the molecule is CCNC(=O)C1CCCc2c1sc(NC(=O)C1CC1)c2CC(C)C. The summed E-state index contributed by atoms with van der Waals surface area (Å²) in [5, 5.41) is 7.15. The maximum Gasteiger partial charge on any atom is 0.228 e. The molecule has 1 aromatic heterocycles. The normalized spacial score (nSPS) is 19.9. The molecular weight excluding hydrogens is 320 g/mol. The molecule has 2 amide bonds. The molecule has 1 unspecified atom stereocenters. The zero-order valence-corrected chi connectivity index (χ0v) is 15.7. The Bertz CT molecular complexity index is 632. The molecule has 0 saturated heterocycles. The van der Waals surface area contributed by atoms with E-state index in [2.05, 4.69) is 24.5 Å². The number of likely N-dealkylation sites (N-methyl/N-ethyl adjacent to an activating group) is 1. The Morgan fingerprint density at radius 1 is 1.21 bits per heavy atom. The molecule has 0 aliphatic heterocycles. The minimum absolute atomic E-state index is 0.0452. The van der Waals surface area contributed by atoms with Gasteiger partial charge in [0.1, 0.15) is 0 Å². The van der Waals surface area contributed by atoms with Crippen molar-refractivity contribution in [2.75, 3.05) is 11.9 Å². The van der Waals surface area contributed by atoms with E-state index < -0.39 is 0 Å². The first-order valence-corrected chi connectivity index (χ1v) is 10.1. The largest absolute Gasteiger partial charge is 0.356 e. The van der Waals surface area contributed by atoms with E-state index in [9.17, 15) is 9.59 Å². The molecule has 0 bridgehead atoms. The highest BCUT2D eigenvalue weighted by atomic mass is 32.1. The van der Waals surface area contributed by atoms with Gasteiger partial charge in [0.05, 0.1) is 10.9 Å². The fourth-order valence-corrected chi connectivity index (χ4v) is 4.94. The van der Waals surface area contributed by atoms with Crippen LogP contribution in [-0.4, -0.2) is 18.4 Å². The monoisotopic (exact) mass is 348 g/mol. The molecular formula is C19H28N2O2S. The van der Waals surface area contributed by atoms with Crippen LogP contribution < -0.4 is 10.6 Å². The number of hydrogen-bond acceptors (Lipinski definition) is 3. The number of carbonyl (C=O) groups excluding carboxylic acids is 2. The highest BCUT2D eigenvalue weighted by molar-refractivity contribution is 7.16. The smallest absolute Gasteiger partial charge is 0.228 e. The summed E-state index contributed by atoms with van der Waals surface area (Å²) < 4.78 is 0. The van der Waals surface area contributed by atoms with Crippen LogP contribution in [-0.2, 0) is 22.4 Å². The number of rotatable bonds is 6. The van der Waals surface area contributed by atoms with E-state index in [4.69, 9.17) is 0 Å². The molecule has 1 aromatic rings. The van der Waals surface area contributed by atoms with Gasteiger partial charge in [0.15, 0.2) is 0 Å². The quantitative estimate of drug-likeness (QED) is 0.820. The molecule has 24 heavy (non-hydrogen) atoms. The highest BCUT2D eigenvalue weighted by Crippen LogP contribution is 2.45. The number of thiophene rings is 1. The minimum Gasteiger partial charge on any atom is -0.356 e. The van der Waals surface area contributed by atoms with Crippen LogP contribution in [0.2, 0.25) is 0 Å². The molecule has 1 saturated carbocycles. The zero-order chi connectivity index (χ0) is 17.3. The van der Waals surface area contributed by atoms with Gasteiger partial charge in [-0.2, -0.15) is 0 Å². The molecule has 2 aliphatic rings. The Kier molecular flexibility index (Phi) is 5.28. The van der Waals surface area contributed by atoms with Gasteiger partial charge in [-0.3, -0.25) is 9.59 Å². The van der Waals surface area contributed by atoms with Crippen LogP contribution >= 0.6 is 11.3 Å². The lowest BCUT2D eigenvalue weighted by Crippen LogP contribution is -2.30. The first-order valence-electron chi connectivity index (χ1n) is 9.24. The molecule has 0 radical (unpaired) electrons. The average Bonchev–Trinajstić information content (AvgIpc) is 3.32. The van der Waals surface area contributed by atoms with E-state index in [1.807, 2.05) is 6.92 Å². The summed E-state index contributed by atoms with van der Waals surface area (Å²) in [4.78, 5) is 25.9. The van der Waals surface area contributed by atoms with Gasteiger partial charge in [-0.1, -0.05) is 13.8 Å². The lowest BCUT2D eigenvalue weighted by Gasteiger charge is -2.22. The van der Waals surface area contributed by atoms with Gasteiger partial charge in [0.2, 0.25) is 11.8 Å². The third-order valence-corrected chi connectivity index (χ3v) is 6.15. The van der Waals surface area contributed by atoms with Crippen molar-refractivity contribution in [1.29, 1.82) is 0 Å². The lowest BCUT2D eigenvalue weighted by atomic mass is 9.85. The summed E-state index contributed by atoms with van der Waals surface area (Å²) in [7, 11) is 0. The summed E-state index contributed by atoms with van der Waals surface area (Å²) in [5.41, 5.74) is 2.62. The van der Waals surface area contributed by atoms with Crippen LogP contribution in [0.15, 0.2) is 0 Å². The molecule has 2 N–H and O–H groups in total. The van der Waals surface area contributed by atoms with Crippen LogP contribution in [0, 0.1) is 11.8 Å². The van der Waals surface area contributed by atoms with Gasteiger partial charge >= 0.3 is 0 Å². The third kappa shape index (κ3) is 3.66. The molecule has 132 valence electrons. The van der Waals surface area contributed by atoms with Crippen LogP contribution in [0.1, 0.15) is 68.4 Å². The Morgan fingerprint density at radius 3 is 2.58 bits per heavy atom. The van der Waals surface area contributed by atoms with Crippen LogP contribution in [0.5, 0.6) is 0 Å². The fourth-order valence-electron chi connectivity index (χ4n) is 3.52. The Balaban J connectivity index is 1.93. The molecule has 4 nitrogen and oxygen atoms in total. The molecule has 5 heteroatoms. The highest BCUT2D eigenvalue weighted by Gasteiger charge is 2.34. The van der Waals surface area contributed by atoms with E-state index in [1.165, 1.54) is 16.0 Å². The second-order valence-electron chi connectivity index (χ2n) is 7.45. The summed E-state index contributed by atoms with van der Waals surface area (Å²) in [6.45, 7) is 7.04. The standard InChI is InChI=1S/C19H28N2O2S/c1-4-20-18(23)14-7-5-6-13-15(10-11(2)3)19(24-16(13)14)21-17(22)12-8-9-12/h11-12,14H,4-10H2,1-3H3,(H,20,23)(H,21,22). The van der Waals surface area contributed by atoms with Crippen molar-refractivity contribution in [2.24, 2.45) is 11.8 Å². The number of carbonyl (C=O) groups is 2. The molecule has 0 spiro atoms. The topological polar surface area (TPSA) is 58.2 Å². The van der Waals surface area contributed by atoms with E-state index in [0.29, 0.717) is 12.5 Å². The molecule has 3 rings (SSSR count). The van der Waals surface area contributed by atoms with Crippen molar-refractivity contribution in [2.45, 2.75) is 65.2 Å². The summed E-state index contributed by atoms with van der Waals surface area (Å²) in [5.74, 6) is 0.987. The van der Waals surface area contributed by atoms with E-state index in [0.717, 1.165) is 43.5 Å². The average molecular weight is 349 g/mol.